The summed E-state index contributed by atoms with van der Waals surface area (Å²) in [6.45, 7) is 6.73. The molecule has 1 aromatic carbocycles. The molecule has 0 unspecified atom stereocenters. The molecule has 1 saturated carbocycles. The van der Waals surface area contributed by atoms with Gasteiger partial charge in [0.15, 0.2) is 0 Å². The number of benzene rings is 1. The molecule has 0 heterocycles. The maximum absolute atomic E-state index is 3.77. The standard InChI is InChI=1S/C17H28N2/c1-4-14-8-6-9-15(5-2)16(14)19-13-17(12-18-3)10-7-11-17/h6,8-9,18-19H,4-5,7,10-13H2,1-3H3. The summed E-state index contributed by atoms with van der Waals surface area (Å²) in [5.41, 5.74) is 4.80. The average molecular weight is 260 g/mol. The van der Waals surface area contributed by atoms with Gasteiger partial charge in [-0.15, -0.1) is 0 Å². The van der Waals surface area contributed by atoms with Crippen molar-refractivity contribution in [3.63, 3.8) is 0 Å². The predicted octanol–water partition coefficient (Wildman–Crippen LogP) is 3.61. The minimum atomic E-state index is 0.487. The third kappa shape index (κ3) is 3.11. The highest BCUT2D eigenvalue weighted by molar-refractivity contribution is 5.58. The Bertz CT molecular complexity index is 385. The molecule has 0 amide bonds. The van der Waals surface area contributed by atoms with E-state index in [0.29, 0.717) is 5.41 Å². The van der Waals surface area contributed by atoms with Crippen molar-refractivity contribution in [1.29, 1.82) is 0 Å². The molecule has 2 rings (SSSR count). The molecule has 2 heteroatoms. The summed E-state index contributed by atoms with van der Waals surface area (Å²) in [4.78, 5) is 0. The highest BCUT2D eigenvalue weighted by Crippen LogP contribution is 2.40. The van der Waals surface area contributed by atoms with E-state index in [1.165, 1.54) is 36.1 Å². The number of anilines is 1. The first kappa shape index (κ1) is 14.4. The summed E-state index contributed by atoms with van der Waals surface area (Å²) in [6, 6.07) is 6.70. The third-order valence-corrected chi connectivity index (χ3v) is 4.61. The fourth-order valence-electron chi connectivity index (χ4n) is 3.21. The number of aryl methyl sites for hydroxylation is 2. The Labute approximate surface area is 118 Å². The summed E-state index contributed by atoms with van der Waals surface area (Å²) >= 11 is 0. The van der Waals surface area contributed by atoms with Gasteiger partial charge in [0, 0.05) is 24.2 Å². The van der Waals surface area contributed by atoms with Crippen LogP contribution in [0.4, 0.5) is 5.69 Å². The Kier molecular flexibility index (Phi) is 4.87. The molecule has 1 aromatic rings. The van der Waals surface area contributed by atoms with Gasteiger partial charge in [-0.2, -0.15) is 0 Å². The van der Waals surface area contributed by atoms with Crippen LogP contribution in [-0.4, -0.2) is 20.1 Å². The highest BCUT2D eigenvalue weighted by Gasteiger charge is 2.36. The summed E-state index contributed by atoms with van der Waals surface area (Å²) < 4.78 is 0. The summed E-state index contributed by atoms with van der Waals surface area (Å²) in [6.07, 6.45) is 6.32. The average Bonchev–Trinajstić information content (AvgIpc) is 2.41. The van der Waals surface area contributed by atoms with Gasteiger partial charge in [-0.05, 0) is 43.9 Å². The van der Waals surface area contributed by atoms with E-state index in [2.05, 4.69) is 49.7 Å². The molecule has 1 aliphatic carbocycles. The normalized spacial score (nSPS) is 17.0. The molecule has 0 atom stereocenters. The fourth-order valence-corrected chi connectivity index (χ4v) is 3.21. The molecule has 0 radical (unpaired) electrons. The van der Waals surface area contributed by atoms with Crippen LogP contribution < -0.4 is 10.6 Å². The van der Waals surface area contributed by atoms with Crippen molar-refractivity contribution >= 4 is 5.69 Å². The van der Waals surface area contributed by atoms with E-state index < -0.39 is 0 Å². The fraction of sp³-hybridized carbons (Fsp3) is 0.647. The number of para-hydroxylation sites is 1. The maximum atomic E-state index is 3.77. The SMILES string of the molecule is CCc1cccc(CC)c1NCC1(CNC)CCC1. The molecule has 1 aliphatic rings. The van der Waals surface area contributed by atoms with E-state index >= 15 is 0 Å². The Balaban J connectivity index is 2.10. The molecular weight excluding hydrogens is 232 g/mol. The van der Waals surface area contributed by atoms with Gasteiger partial charge in [0.1, 0.15) is 0 Å². The number of nitrogens with one attached hydrogen (secondary N) is 2. The second-order valence-electron chi connectivity index (χ2n) is 5.90. The molecule has 1 fully saturated rings. The van der Waals surface area contributed by atoms with Gasteiger partial charge >= 0.3 is 0 Å². The molecule has 19 heavy (non-hydrogen) atoms. The van der Waals surface area contributed by atoms with E-state index in [1.807, 2.05) is 0 Å². The van der Waals surface area contributed by atoms with Crippen LogP contribution in [0.5, 0.6) is 0 Å². The van der Waals surface area contributed by atoms with Crippen molar-refractivity contribution in [1.82, 2.24) is 5.32 Å². The highest BCUT2D eigenvalue weighted by atomic mass is 14.9. The van der Waals surface area contributed by atoms with Gasteiger partial charge in [-0.1, -0.05) is 38.5 Å². The quantitative estimate of drug-likeness (QED) is 0.782. The topological polar surface area (TPSA) is 24.1 Å². The third-order valence-electron chi connectivity index (χ3n) is 4.61. The van der Waals surface area contributed by atoms with Crippen molar-refractivity contribution < 1.29 is 0 Å². The van der Waals surface area contributed by atoms with Crippen LogP contribution >= 0.6 is 0 Å². The first-order chi connectivity index (χ1) is 9.24. The Morgan fingerprint density at radius 3 is 2.11 bits per heavy atom. The van der Waals surface area contributed by atoms with Gasteiger partial charge in [0.25, 0.3) is 0 Å². The van der Waals surface area contributed by atoms with Crippen LogP contribution in [0.25, 0.3) is 0 Å². The lowest BCUT2D eigenvalue weighted by molar-refractivity contribution is 0.151. The van der Waals surface area contributed by atoms with E-state index in [1.54, 1.807) is 0 Å². The van der Waals surface area contributed by atoms with Gasteiger partial charge in [0.05, 0.1) is 0 Å². The van der Waals surface area contributed by atoms with E-state index in [9.17, 15) is 0 Å². The van der Waals surface area contributed by atoms with Crippen molar-refractivity contribution in [3.8, 4) is 0 Å². The van der Waals surface area contributed by atoms with Crippen LogP contribution in [0, 0.1) is 5.41 Å². The number of rotatable bonds is 7. The molecule has 2 N–H and O–H groups in total. The molecule has 0 spiro atoms. The van der Waals surface area contributed by atoms with Crippen LogP contribution in [0.3, 0.4) is 0 Å². The molecule has 0 bridgehead atoms. The van der Waals surface area contributed by atoms with Crippen LogP contribution in [-0.2, 0) is 12.8 Å². The second kappa shape index (κ2) is 6.42. The van der Waals surface area contributed by atoms with Gasteiger partial charge < -0.3 is 10.6 Å². The molecule has 106 valence electrons. The Morgan fingerprint density at radius 1 is 1.05 bits per heavy atom. The first-order valence-electron chi connectivity index (χ1n) is 7.74. The lowest BCUT2D eigenvalue weighted by Crippen LogP contribution is -2.44. The Hall–Kier alpha value is -1.02. The molecule has 2 nitrogen and oxygen atoms in total. The summed E-state index contributed by atoms with van der Waals surface area (Å²) in [5.74, 6) is 0. The van der Waals surface area contributed by atoms with Crippen LogP contribution in [0.2, 0.25) is 0 Å². The predicted molar refractivity (Wildman–Crippen MR) is 83.9 cm³/mol. The van der Waals surface area contributed by atoms with Crippen LogP contribution in [0.1, 0.15) is 44.2 Å². The summed E-state index contributed by atoms with van der Waals surface area (Å²) in [5, 5.41) is 7.14. The number of hydrogen-bond donors (Lipinski definition) is 2. The minimum absolute atomic E-state index is 0.487. The van der Waals surface area contributed by atoms with Gasteiger partial charge in [-0.25, -0.2) is 0 Å². The van der Waals surface area contributed by atoms with E-state index in [0.717, 1.165) is 25.9 Å². The van der Waals surface area contributed by atoms with Crippen molar-refractivity contribution in [2.24, 2.45) is 5.41 Å². The molecular formula is C17H28N2. The second-order valence-corrected chi connectivity index (χ2v) is 5.90. The number of hydrogen-bond acceptors (Lipinski definition) is 2. The molecule has 0 aromatic heterocycles. The van der Waals surface area contributed by atoms with Gasteiger partial charge in [-0.3, -0.25) is 0 Å². The zero-order valence-corrected chi connectivity index (χ0v) is 12.7. The van der Waals surface area contributed by atoms with E-state index in [-0.39, 0.29) is 0 Å². The summed E-state index contributed by atoms with van der Waals surface area (Å²) in [7, 11) is 2.07. The van der Waals surface area contributed by atoms with Crippen molar-refractivity contribution in [2.75, 3.05) is 25.5 Å². The monoisotopic (exact) mass is 260 g/mol. The van der Waals surface area contributed by atoms with E-state index in [4.69, 9.17) is 0 Å². The molecule has 0 saturated heterocycles. The molecule has 0 aliphatic heterocycles. The smallest absolute Gasteiger partial charge is 0.0405 e. The lowest BCUT2D eigenvalue weighted by Gasteiger charge is -2.42. The minimum Gasteiger partial charge on any atom is -0.384 e. The largest absolute Gasteiger partial charge is 0.384 e. The zero-order valence-electron chi connectivity index (χ0n) is 12.7. The van der Waals surface area contributed by atoms with Crippen LogP contribution in [0.15, 0.2) is 18.2 Å². The van der Waals surface area contributed by atoms with Crippen molar-refractivity contribution in [2.45, 2.75) is 46.0 Å². The Morgan fingerprint density at radius 2 is 1.68 bits per heavy atom. The zero-order chi connectivity index (χ0) is 13.7. The maximum Gasteiger partial charge on any atom is 0.0405 e. The first-order valence-corrected chi connectivity index (χ1v) is 7.74. The lowest BCUT2D eigenvalue weighted by atomic mass is 9.68. The van der Waals surface area contributed by atoms with Gasteiger partial charge in [0.2, 0.25) is 0 Å². The van der Waals surface area contributed by atoms with Crippen molar-refractivity contribution in [3.05, 3.63) is 29.3 Å².